The molecule has 1 amide bonds. The second-order valence-corrected chi connectivity index (χ2v) is 6.52. The molecule has 0 spiro atoms. The van der Waals surface area contributed by atoms with E-state index in [4.69, 9.17) is 0 Å². The lowest BCUT2D eigenvalue weighted by Crippen LogP contribution is -2.48. The molecular formula is C17H24N6O. The van der Waals surface area contributed by atoms with Crippen LogP contribution < -0.4 is 10.2 Å². The number of hydrogen-bond donors (Lipinski definition) is 1. The molecule has 7 nitrogen and oxygen atoms in total. The highest BCUT2D eigenvalue weighted by atomic mass is 16.2. The zero-order chi connectivity index (χ0) is 17.3. The molecule has 24 heavy (non-hydrogen) atoms. The largest absolute Gasteiger partial charge is 0.353 e. The number of aromatic nitrogens is 4. The van der Waals surface area contributed by atoms with Gasteiger partial charge in [-0.3, -0.25) is 9.48 Å². The van der Waals surface area contributed by atoms with Crippen LogP contribution in [0.3, 0.4) is 0 Å². The molecule has 1 fully saturated rings. The normalized spacial score (nSPS) is 17.8. The highest BCUT2D eigenvalue weighted by Gasteiger charge is 2.24. The minimum Gasteiger partial charge on any atom is -0.353 e. The first-order chi connectivity index (χ1) is 11.4. The average molecular weight is 328 g/mol. The molecule has 1 atom stereocenters. The maximum atomic E-state index is 12.4. The number of nitrogens with zero attached hydrogens (tertiary/aromatic N) is 5. The molecule has 128 valence electrons. The minimum absolute atomic E-state index is 0.0944. The highest BCUT2D eigenvalue weighted by Crippen LogP contribution is 2.19. The lowest BCUT2D eigenvalue weighted by atomic mass is 10.1. The van der Waals surface area contributed by atoms with E-state index in [0.717, 1.165) is 48.7 Å². The maximum absolute atomic E-state index is 12.4. The van der Waals surface area contributed by atoms with Gasteiger partial charge in [-0.25, -0.2) is 0 Å². The van der Waals surface area contributed by atoms with E-state index in [9.17, 15) is 4.79 Å². The van der Waals surface area contributed by atoms with E-state index in [0.29, 0.717) is 5.69 Å². The van der Waals surface area contributed by atoms with Crippen LogP contribution >= 0.6 is 0 Å². The molecule has 3 heterocycles. The Labute approximate surface area is 142 Å². The third-order valence-electron chi connectivity index (χ3n) is 4.65. The summed E-state index contributed by atoms with van der Waals surface area (Å²) in [6.45, 7) is 7.62. The lowest BCUT2D eigenvalue weighted by molar-refractivity contribution is 0.0927. The van der Waals surface area contributed by atoms with Gasteiger partial charge in [-0.1, -0.05) is 0 Å². The van der Waals surface area contributed by atoms with Gasteiger partial charge in [0.05, 0.1) is 5.69 Å². The summed E-state index contributed by atoms with van der Waals surface area (Å²) in [5.74, 6) is 0.766. The molecule has 0 aliphatic carbocycles. The van der Waals surface area contributed by atoms with E-state index in [1.54, 1.807) is 4.68 Å². The number of amides is 1. The Morgan fingerprint density at radius 1 is 1.25 bits per heavy atom. The van der Waals surface area contributed by atoms with Gasteiger partial charge < -0.3 is 10.2 Å². The summed E-state index contributed by atoms with van der Waals surface area (Å²) in [6.07, 6.45) is 1.98. The Kier molecular flexibility index (Phi) is 4.51. The van der Waals surface area contributed by atoms with Gasteiger partial charge >= 0.3 is 0 Å². The third kappa shape index (κ3) is 3.39. The quantitative estimate of drug-likeness (QED) is 0.925. The van der Waals surface area contributed by atoms with Crippen LogP contribution in [-0.2, 0) is 7.05 Å². The molecule has 1 N–H and O–H groups in total. The van der Waals surface area contributed by atoms with Crippen LogP contribution in [0.15, 0.2) is 12.1 Å². The molecule has 3 rings (SSSR count). The van der Waals surface area contributed by atoms with Crippen LogP contribution in [-0.4, -0.2) is 45.0 Å². The van der Waals surface area contributed by atoms with Crippen molar-refractivity contribution in [2.45, 2.75) is 39.7 Å². The van der Waals surface area contributed by atoms with Gasteiger partial charge in [0.1, 0.15) is 5.69 Å². The minimum atomic E-state index is -0.114. The summed E-state index contributed by atoms with van der Waals surface area (Å²) in [6, 6.07) is 3.97. The number of rotatable bonds is 3. The molecule has 2 aromatic heterocycles. The fraction of sp³-hybridized carbons (Fsp3) is 0.529. The average Bonchev–Trinajstić information content (AvgIpc) is 2.90. The second-order valence-electron chi connectivity index (χ2n) is 6.52. The Morgan fingerprint density at radius 3 is 2.71 bits per heavy atom. The van der Waals surface area contributed by atoms with Gasteiger partial charge in [-0.05, 0) is 51.3 Å². The SMILES string of the molecule is Cc1cc(N2CCCC(NC(=O)c3cc(C)n(C)n3)C2)nnc1C. The Morgan fingerprint density at radius 2 is 2.04 bits per heavy atom. The molecular weight excluding hydrogens is 304 g/mol. The predicted octanol–water partition coefficient (Wildman–Crippen LogP) is 1.53. The van der Waals surface area contributed by atoms with Crippen LogP contribution in [0.5, 0.6) is 0 Å². The van der Waals surface area contributed by atoms with Crippen molar-refractivity contribution in [1.29, 1.82) is 0 Å². The summed E-state index contributed by atoms with van der Waals surface area (Å²) in [4.78, 5) is 14.6. The molecule has 0 aromatic carbocycles. The van der Waals surface area contributed by atoms with E-state index in [1.165, 1.54) is 0 Å². The van der Waals surface area contributed by atoms with Crippen molar-refractivity contribution in [3.8, 4) is 0 Å². The van der Waals surface area contributed by atoms with Crippen molar-refractivity contribution in [1.82, 2.24) is 25.3 Å². The van der Waals surface area contributed by atoms with Gasteiger partial charge in [-0.15, -0.1) is 5.10 Å². The standard InChI is InChI=1S/C17H24N6O/c1-11-8-16(20-19-13(11)3)23-7-5-6-14(10-23)18-17(24)15-9-12(2)22(4)21-15/h8-9,14H,5-7,10H2,1-4H3,(H,18,24). The van der Waals surface area contributed by atoms with Crippen molar-refractivity contribution in [2.24, 2.45) is 7.05 Å². The Bertz CT molecular complexity index is 734. The Balaban J connectivity index is 1.67. The van der Waals surface area contributed by atoms with Crippen LogP contribution in [0.25, 0.3) is 0 Å². The number of anilines is 1. The number of carbonyl (C=O) groups excluding carboxylic acids is 1. The van der Waals surface area contributed by atoms with Gasteiger partial charge in [0.25, 0.3) is 5.91 Å². The molecule has 0 radical (unpaired) electrons. The van der Waals surface area contributed by atoms with E-state index in [1.807, 2.05) is 33.9 Å². The first-order valence-corrected chi connectivity index (χ1v) is 8.31. The van der Waals surface area contributed by atoms with Crippen LogP contribution in [0.4, 0.5) is 5.82 Å². The van der Waals surface area contributed by atoms with Crippen molar-refractivity contribution in [3.63, 3.8) is 0 Å². The third-order valence-corrected chi connectivity index (χ3v) is 4.65. The first kappa shape index (κ1) is 16.4. The number of piperidine rings is 1. The van der Waals surface area contributed by atoms with Crippen molar-refractivity contribution in [2.75, 3.05) is 18.0 Å². The van der Waals surface area contributed by atoms with E-state index < -0.39 is 0 Å². The first-order valence-electron chi connectivity index (χ1n) is 8.31. The lowest BCUT2D eigenvalue weighted by Gasteiger charge is -2.33. The van der Waals surface area contributed by atoms with E-state index in [2.05, 4.69) is 31.6 Å². The number of carbonyl (C=O) groups is 1. The fourth-order valence-corrected chi connectivity index (χ4v) is 2.92. The van der Waals surface area contributed by atoms with Crippen LogP contribution in [0.1, 0.15) is 40.3 Å². The second kappa shape index (κ2) is 6.59. The van der Waals surface area contributed by atoms with E-state index in [-0.39, 0.29) is 11.9 Å². The zero-order valence-electron chi connectivity index (χ0n) is 14.7. The van der Waals surface area contributed by atoms with Gasteiger partial charge in [0.15, 0.2) is 5.82 Å². The van der Waals surface area contributed by atoms with Gasteiger partial charge in [0.2, 0.25) is 0 Å². The number of nitrogens with one attached hydrogen (secondary N) is 1. The number of aryl methyl sites for hydroxylation is 4. The maximum Gasteiger partial charge on any atom is 0.272 e. The predicted molar refractivity (Wildman–Crippen MR) is 92.2 cm³/mol. The molecule has 0 bridgehead atoms. The highest BCUT2D eigenvalue weighted by molar-refractivity contribution is 5.92. The van der Waals surface area contributed by atoms with Crippen LogP contribution in [0.2, 0.25) is 0 Å². The van der Waals surface area contributed by atoms with Gasteiger partial charge in [0, 0.05) is 31.9 Å². The molecule has 1 saturated heterocycles. The molecule has 0 saturated carbocycles. The summed E-state index contributed by atoms with van der Waals surface area (Å²) < 4.78 is 1.72. The van der Waals surface area contributed by atoms with Crippen molar-refractivity contribution in [3.05, 3.63) is 34.8 Å². The zero-order valence-corrected chi connectivity index (χ0v) is 14.7. The van der Waals surface area contributed by atoms with Crippen molar-refractivity contribution >= 4 is 11.7 Å². The summed E-state index contributed by atoms with van der Waals surface area (Å²) in [5.41, 5.74) is 3.52. The van der Waals surface area contributed by atoms with E-state index >= 15 is 0 Å². The van der Waals surface area contributed by atoms with Gasteiger partial charge in [-0.2, -0.15) is 10.2 Å². The summed E-state index contributed by atoms with van der Waals surface area (Å²) in [5, 5.41) is 15.8. The summed E-state index contributed by atoms with van der Waals surface area (Å²) >= 11 is 0. The smallest absolute Gasteiger partial charge is 0.272 e. The molecule has 7 heteroatoms. The topological polar surface area (TPSA) is 75.9 Å². The van der Waals surface area contributed by atoms with Crippen molar-refractivity contribution < 1.29 is 4.79 Å². The molecule has 2 aromatic rings. The summed E-state index contributed by atoms with van der Waals surface area (Å²) in [7, 11) is 1.84. The molecule has 1 aliphatic heterocycles. The fourth-order valence-electron chi connectivity index (χ4n) is 2.92. The van der Waals surface area contributed by atoms with Crippen LogP contribution in [0, 0.1) is 20.8 Å². The Hall–Kier alpha value is -2.44. The molecule has 1 unspecified atom stereocenters. The molecule has 1 aliphatic rings. The monoisotopic (exact) mass is 328 g/mol. The number of hydrogen-bond acceptors (Lipinski definition) is 5.